The van der Waals surface area contributed by atoms with Crippen molar-refractivity contribution in [2.45, 2.75) is 51.7 Å². The number of hydrogen-bond donors (Lipinski definition) is 4. The van der Waals surface area contributed by atoms with Crippen molar-refractivity contribution in [2.24, 2.45) is 0 Å². The molecule has 1 aromatic heterocycles. The zero-order chi connectivity index (χ0) is 19.9. The van der Waals surface area contributed by atoms with Crippen molar-refractivity contribution in [1.82, 2.24) is 20.3 Å². The van der Waals surface area contributed by atoms with Gasteiger partial charge < -0.3 is 16.0 Å². The van der Waals surface area contributed by atoms with Crippen molar-refractivity contribution >= 4 is 23.8 Å². The summed E-state index contributed by atoms with van der Waals surface area (Å²) >= 11 is 0. The highest BCUT2D eigenvalue weighted by molar-refractivity contribution is 5.84. The van der Waals surface area contributed by atoms with Gasteiger partial charge in [0.1, 0.15) is 6.04 Å². The molecule has 4 N–H and O–H groups in total. The lowest BCUT2D eigenvalue weighted by Gasteiger charge is -2.21. The first-order valence-electron chi connectivity index (χ1n) is 9.59. The van der Waals surface area contributed by atoms with E-state index in [2.05, 4.69) is 30.9 Å². The molecule has 1 aliphatic heterocycles. The molecule has 1 saturated heterocycles. The minimum atomic E-state index is -0.411. The Morgan fingerprint density at radius 3 is 2.68 bits per heavy atom. The maximum Gasteiger partial charge on any atom is 0.256 e. The molecule has 0 bridgehead atoms. The summed E-state index contributed by atoms with van der Waals surface area (Å²) in [6, 6.07) is 9.25. The first-order chi connectivity index (χ1) is 13.5. The van der Waals surface area contributed by atoms with Gasteiger partial charge in [-0.3, -0.25) is 10.0 Å². The Labute approximate surface area is 164 Å². The Morgan fingerprint density at radius 2 is 1.93 bits per heavy atom. The van der Waals surface area contributed by atoms with Gasteiger partial charge in [-0.2, -0.15) is 15.0 Å². The third kappa shape index (κ3) is 5.29. The van der Waals surface area contributed by atoms with E-state index in [9.17, 15) is 10.0 Å². The van der Waals surface area contributed by atoms with Crippen LogP contribution in [0.5, 0.6) is 0 Å². The molecular weight excluding hydrogens is 358 g/mol. The molecule has 1 atom stereocenters. The van der Waals surface area contributed by atoms with Crippen molar-refractivity contribution in [1.29, 1.82) is 0 Å². The number of benzene rings is 1. The molecule has 1 aliphatic rings. The number of carbonyl (C=O) groups excluding carboxylic acids is 1. The Hall–Kier alpha value is -2.94. The summed E-state index contributed by atoms with van der Waals surface area (Å²) in [5.74, 6) is 0.632. The average molecular weight is 385 g/mol. The molecular formula is C19H27N7O2. The van der Waals surface area contributed by atoms with E-state index in [1.54, 1.807) is 0 Å². The summed E-state index contributed by atoms with van der Waals surface area (Å²) < 4.78 is 0. The summed E-state index contributed by atoms with van der Waals surface area (Å²) in [6.07, 6.45) is 2.59. The first kappa shape index (κ1) is 19.8. The molecule has 0 aliphatic carbocycles. The number of hydrogen-bond acceptors (Lipinski definition) is 8. The van der Waals surface area contributed by atoms with Crippen LogP contribution in [0.1, 0.15) is 38.7 Å². The molecule has 3 rings (SSSR count). The lowest BCUT2D eigenvalue weighted by atomic mass is 10.1. The van der Waals surface area contributed by atoms with Crippen molar-refractivity contribution in [2.75, 3.05) is 22.2 Å². The summed E-state index contributed by atoms with van der Waals surface area (Å²) in [5.41, 5.74) is 1.08. The molecule has 1 amide bonds. The third-order valence-corrected chi connectivity index (χ3v) is 4.45. The van der Waals surface area contributed by atoms with Crippen molar-refractivity contribution < 1.29 is 10.0 Å². The highest BCUT2D eigenvalue weighted by Crippen LogP contribution is 2.17. The highest BCUT2D eigenvalue weighted by atomic mass is 16.5. The lowest BCUT2D eigenvalue weighted by Crippen LogP contribution is -2.38. The van der Waals surface area contributed by atoms with Crippen molar-refractivity contribution in [3.8, 4) is 0 Å². The second-order valence-electron chi connectivity index (χ2n) is 7.04. The molecule has 1 fully saturated rings. The Morgan fingerprint density at radius 1 is 1.18 bits per heavy atom. The van der Waals surface area contributed by atoms with Crippen LogP contribution < -0.4 is 21.0 Å². The number of rotatable bonds is 7. The molecule has 150 valence electrons. The van der Waals surface area contributed by atoms with Crippen LogP contribution in [0.25, 0.3) is 0 Å². The minimum absolute atomic E-state index is 0.0667. The van der Waals surface area contributed by atoms with E-state index in [-0.39, 0.29) is 23.8 Å². The molecule has 2 aromatic rings. The van der Waals surface area contributed by atoms with Gasteiger partial charge in [0.2, 0.25) is 17.8 Å². The van der Waals surface area contributed by atoms with E-state index >= 15 is 0 Å². The minimum Gasteiger partial charge on any atom is -0.354 e. The van der Waals surface area contributed by atoms with Crippen LogP contribution in [-0.2, 0) is 11.3 Å². The number of nitrogens with zero attached hydrogens (tertiary/aromatic N) is 4. The summed E-state index contributed by atoms with van der Waals surface area (Å²) in [4.78, 5) is 25.2. The van der Waals surface area contributed by atoms with Crippen LogP contribution in [0.2, 0.25) is 0 Å². The van der Waals surface area contributed by atoms with Gasteiger partial charge >= 0.3 is 0 Å². The zero-order valence-corrected chi connectivity index (χ0v) is 16.2. The monoisotopic (exact) mass is 385 g/mol. The number of aromatic nitrogens is 3. The normalized spacial score (nSPS) is 17.0. The number of hydroxylamine groups is 1. The van der Waals surface area contributed by atoms with Crippen LogP contribution >= 0.6 is 0 Å². The fourth-order valence-electron chi connectivity index (χ4n) is 2.85. The third-order valence-electron chi connectivity index (χ3n) is 4.45. The van der Waals surface area contributed by atoms with Gasteiger partial charge in [-0.1, -0.05) is 30.3 Å². The van der Waals surface area contributed by atoms with E-state index in [1.807, 2.05) is 44.2 Å². The topological polar surface area (TPSA) is 115 Å². The maximum atomic E-state index is 12.2. The summed E-state index contributed by atoms with van der Waals surface area (Å²) in [7, 11) is 0. The molecule has 1 unspecified atom stereocenters. The van der Waals surface area contributed by atoms with Crippen LogP contribution in [0.4, 0.5) is 17.8 Å². The molecule has 1 aromatic carbocycles. The van der Waals surface area contributed by atoms with Crippen molar-refractivity contribution in [3.05, 3.63) is 35.9 Å². The molecule has 9 nitrogen and oxygen atoms in total. The molecule has 0 spiro atoms. The number of carbonyl (C=O) groups is 1. The second-order valence-corrected chi connectivity index (χ2v) is 7.04. The lowest BCUT2D eigenvalue weighted by molar-refractivity contribution is -0.121. The van der Waals surface area contributed by atoms with Gasteiger partial charge in [0.25, 0.3) is 5.95 Å². The quantitative estimate of drug-likeness (QED) is 0.536. The van der Waals surface area contributed by atoms with Crippen molar-refractivity contribution in [3.63, 3.8) is 0 Å². The van der Waals surface area contributed by atoms with Gasteiger partial charge in [0.05, 0.1) is 6.04 Å². The molecule has 0 saturated carbocycles. The van der Waals surface area contributed by atoms with E-state index in [1.165, 1.54) is 0 Å². The molecule has 9 heteroatoms. The number of nitrogens with one attached hydrogen (secondary N) is 3. The predicted octanol–water partition coefficient (Wildman–Crippen LogP) is 2.17. The maximum absolute atomic E-state index is 12.2. The van der Waals surface area contributed by atoms with Crippen LogP contribution in [0.15, 0.2) is 30.3 Å². The number of anilines is 3. The summed E-state index contributed by atoms with van der Waals surface area (Å²) in [6.45, 7) is 4.86. The van der Waals surface area contributed by atoms with Gasteiger partial charge in [0, 0.05) is 13.1 Å². The van der Waals surface area contributed by atoms with Gasteiger partial charge in [0.15, 0.2) is 0 Å². The Balaban J connectivity index is 1.81. The highest BCUT2D eigenvalue weighted by Gasteiger charge is 2.23. The average Bonchev–Trinajstić information content (AvgIpc) is 2.90. The van der Waals surface area contributed by atoms with Gasteiger partial charge in [-0.25, -0.2) is 5.06 Å². The zero-order valence-electron chi connectivity index (χ0n) is 16.2. The standard InChI is InChI=1S/C19H27N7O2/c1-13(2)26(28)19-24-17(21-12-14-8-4-3-5-9-14)23-18(25-19)22-15-10-6-7-11-20-16(15)27/h3-5,8-9,13,15,28H,6-7,10-12H2,1-2H3,(H,20,27)(H2,21,22,23,24,25). The number of amides is 1. The van der Waals surface area contributed by atoms with Gasteiger partial charge in [-0.05, 0) is 38.7 Å². The van der Waals surface area contributed by atoms with Crippen LogP contribution in [0.3, 0.4) is 0 Å². The fraction of sp³-hybridized carbons (Fsp3) is 0.474. The predicted molar refractivity (Wildman–Crippen MR) is 107 cm³/mol. The molecule has 2 heterocycles. The Kier molecular flexibility index (Phi) is 6.59. The van der Waals surface area contributed by atoms with Crippen LogP contribution in [0, 0.1) is 0 Å². The van der Waals surface area contributed by atoms with Gasteiger partial charge in [-0.15, -0.1) is 0 Å². The van der Waals surface area contributed by atoms with E-state index in [4.69, 9.17) is 0 Å². The Bertz CT molecular complexity index is 785. The van der Waals surface area contributed by atoms with Crippen LogP contribution in [-0.4, -0.2) is 44.7 Å². The fourth-order valence-corrected chi connectivity index (χ4v) is 2.85. The first-order valence-corrected chi connectivity index (χ1v) is 9.59. The SMILES string of the molecule is CC(C)N(O)c1nc(NCc2ccccc2)nc(NC2CCCCNC2=O)n1. The largest absolute Gasteiger partial charge is 0.354 e. The molecule has 28 heavy (non-hydrogen) atoms. The van der Waals surface area contributed by atoms with E-state index in [0.29, 0.717) is 25.5 Å². The second kappa shape index (κ2) is 9.32. The van der Waals surface area contributed by atoms with E-state index in [0.717, 1.165) is 23.5 Å². The summed E-state index contributed by atoms with van der Waals surface area (Å²) in [5, 5.41) is 20.4. The smallest absolute Gasteiger partial charge is 0.256 e. The van der Waals surface area contributed by atoms with E-state index < -0.39 is 6.04 Å². The molecule has 0 radical (unpaired) electrons.